The van der Waals surface area contributed by atoms with Crippen LogP contribution in [0.1, 0.15) is 12.8 Å². The molecule has 1 aliphatic rings. The Kier molecular flexibility index (Phi) is 3.64. The molecule has 1 unspecified atom stereocenters. The first-order chi connectivity index (χ1) is 9.99. The number of thiophene rings is 1. The maximum Gasteiger partial charge on any atom is 0.393 e. The molecule has 0 amide bonds. The van der Waals surface area contributed by atoms with Crippen molar-refractivity contribution in [2.45, 2.75) is 19.0 Å². The van der Waals surface area contributed by atoms with Gasteiger partial charge in [0.2, 0.25) is 5.95 Å². The van der Waals surface area contributed by atoms with E-state index < -0.39 is 12.1 Å². The molecule has 0 saturated carbocycles. The van der Waals surface area contributed by atoms with Crippen molar-refractivity contribution in [2.24, 2.45) is 5.92 Å². The summed E-state index contributed by atoms with van der Waals surface area (Å²) in [6, 6.07) is 1.87. The van der Waals surface area contributed by atoms with E-state index in [-0.39, 0.29) is 13.0 Å². The van der Waals surface area contributed by atoms with E-state index in [4.69, 9.17) is 0 Å². The molecular weight excluding hydrogens is 301 g/mol. The zero-order chi connectivity index (χ0) is 15.0. The molecule has 1 fully saturated rings. The molecule has 1 aliphatic heterocycles. The van der Waals surface area contributed by atoms with E-state index in [1.807, 2.05) is 11.4 Å². The van der Waals surface area contributed by atoms with Crippen LogP contribution in [0.3, 0.4) is 0 Å². The molecule has 8 heteroatoms. The van der Waals surface area contributed by atoms with E-state index in [1.54, 1.807) is 11.9 Å². The second-order valence-corrected chi connectivity index (χ2v) is 5.98. The third-order valence-corrected chi connectivity index (χ3v) is 4.52. The third kappa shape index (κ3) is 2.76. The van der Waals surface area contributed by atoms with Crippen LogP contribution in [0.5, 0.6) is 0 Å². The first kappa shape index (κ1) is 14.4. The average Bonchev–Trinajstić information content (AvgIpc) is 2.93. The molecule has 1 N–H and O–H groups in total. The summed E-state index contributed by atoms with van der Waals surface area (Å²) in [7, 11) is 1.70. The first-order valence-electron chi connectivity index (χ1n) is 6.73. The van der Waals surface area contributed by atoms with Gasteiger partial charge in [-0.25, -0.2) is 4.98 Å². The molecule has 2 aromatic rings. The van der Waals surface area contributed by atoms with Crippen molar-refractivity contribution in [3.05, 3.63) is 11.4 Å². The number of aromatic nitrogens is 2. The monoisotopic (exact) mass is 316 g/mol. The lowest BCUT2D eigenvalue weighted by Crippen LogP contribution is -2.42. The van der Waals surface area contributed by atoms with Gasteiger partial charge in [-0.3, -0.25) is 0 Å². The minimum Gasteiger partial charge on any atom is -0.357 e. The van der Waals surface area contributed by atoms with Crippen LogP contribution in [0, 0.1) is 5.92 Å². The van der Waals surface area contributed by atoms with Crippen LogP contribution in [0.25, 0.3) is 10.2 Å². The average molecular weight is 316 g/mol. The van der Waals surface area contributed by atoms with E-state index in [2.05, 4.69) is 15.3 Å². The van der Waals surface area contributed by atoms with Crippen LogP contribution in [-0.4, -0.2) is 36.3 Å². The van der Waals surface area contributed by atoms with Crippen molar-refractivity contribution >= 4 is 33.3 Å². The van der Waals surface area contributed by atoms with Crippen LogP contribution in [-0.2, 0) is 0 Å². The number of halogens is 3. The lowest BCUT2D eigenvalue weighted by atomic mass is 9.97. The number of alkyl halides is 3. The number of nitrogens with zero attached hydrogens (tertiary/aromatic N) is 3. The van der Waals surface area contributed by atoms with E-state index in [1.165, 1.54) is 11.3 Å². The summed E-state index contributed by atoms with van der Waals surface area (Å²) in [4.78, 5) is 11.2. The highest BCUT2D eigenvalue weighted by atomic mass is 32.1. The van der Waals surface area contributed by atoms with E-state index in [0.29, 0.717) is 24.7 Å². The number of piperidine rings is 1. The van der Waals surface area contributed by atoms with Gasteiger partial charge in [-0.2, -0.15) is 18.2 Å². The fourth-order valence-electron chi connectivity index (χ4n) is 2.63. The Bertz CT molecular complexity index is 640. The molecular formula is C13H15F3N4S. The molecule has 4 nitrogen and oxygen atoms in total. The van der Waals surface area contributed by atoms with Crippen LogP contribution in [0.15, 0.2) is 11.4 Å². The van der Waals surface area contributed by atoms with Crippen LogP contribution in [0.4, 0.5) is 24.9 Å². The highest BCUT2D eigenvalue weighted by molar-refractivity contribution is 7.16. The molecule has 0 bridgehead atoms. The summed E-state index contributed by atoms with van der Waals surface area (Å²) in [6.07, 6.45) is -3.43. The van der Waals surface area contributed by atoms with Gasteiger partial charge in [0.25, 0.3) is 0 Å². The summed E-state index contributed by atoms with van der Waals surface area (Å²) in [5.41, 5.74) is 0. The Morgan fingerprint density at radius 3 is 2.90 bits per heavy atom. The zero-order valence-corrected chi connectivity index (χ0v) is 12.3. The summed E-state index contributed by atoms with van der Waals surface area (Å²) in [5.74, 6) is -0.249. The molecule has 21 heavy (non-hydrogen) atoms. The molecule has 0 aliphatic carbocycles. The van der Waals surface area contributed by atoms with Gasteiger partial charge >= 0.3 is 6.18 Å². The standard InChI is InChI=1S/C13H15F3N4S/c1-17-12-18-10(9-4-6-21-11(9)19-12)20-5-2-3-8(7-20)13(14,15)16/h4,6,8H,2-3,5,7H2,1H3,(H,17,18,19). The van der Waals surface area contributed by atoms with Crippen LogP contribution >= 0.6 is 11.3 Å². The van der Waals surface area contributed by atoms with Gasteiger partial charge < -0.3 is 10.2 Å². The van der Waals surface area contributed by atoms with Crippen LogP contribution in [0.2, 0.25) is 0 Å². The predicted octanol–water partition coefficient (Wildman–Crippen LogP) is 3.51. The van der Waals surface area contributed by atoms with E-state index in [0.717, 1.165) is 10.2 Å². The van der Waals surface area contributed by atoms with Gasteiger partial charge in [-0.15, -0.1) is 11.3 Å². The second kappa shape index (κ2) is 5.32. The fraction of sp³-hybridized carbons (Fsp3) is 0.538. The molecule has 0 spiro atoms. The first-order valence-corrected chi connectivity index (χ1v) is 7.61. The number of nitrogens with one attached hydrogen (secondary N) is 1. The lowest BCUT2D eigenvalue weighted by molar-refractivity contribution is -0.176. The summed E-state index contributed by atoms with van der Waals surface area (Å²) in [5, 5.41) is 5.57. The van der Waals surface area contributed by atoms with Gasteiger partial charge in [-0.05, 0) is 24.3 Å². The van der Waals surface area contributed by atoms with Crippen molar-refractivity contribution in [3.63, 3.8) is 0 Å². The summed E-state index contributed by atoms with van der Waals surface area (Å²) >= 11 is 1.46. The maximum atomic E-state index is 13.0. The van der Waals surface area contributed by atoms with Gasteiger partial charge in [-0.1, -0.05) is 0 Å². The molecule has 2 aromatic heterocycles. The largest absolute Gasteiger partial charge is 0.393 e. The molecule has 3 rings (SSSR count). The number of hydrogen-bond acceptors (Lipinski definition) is 5. The highest BCUT2D eigenvalue weighted by Gasteiger charge is 2.42. The second-order valence-electron chi connectivity index (χ2n) is 5.09. The number of fused-ring (bicyclic) bond motifs is 1. The number of hydrogen-bond donors (Lipinski definition) is 1. The Hall–Kier alpha value is -1.57. The minimum atomic E-state index is -4.15. The zero-order valence-electron chi connectivity index (χ0n) is 11.4. The summed E-state index contributed by atoms with van der Waals surface area (Å²) in [6.45, 7) is 0.562. The van der Waals surface area contributed by atoms with Crippen molar-refractivity contribution in [3.8, 4) is 0 Å². The van der Waals surface area contributed by atoms with Crippen molar-refractivity contribution in [2.75, 3.05) is 30.4 Å². The van der Waals surface area contributed by atoms with E-state index >= 15 is 0 Å². The Morgan fingerprint density at radius 1 is 1.38 bits per heavy atom. The Balaban J connectivity index is 1.97. The Labute approximate surface area is 124 Å². The molecule has 114 valence electrons. The molecule has 0 radical (unpaired) electrons. The van der Waals surface area contributed by atoms with Gasteiger partial charge in [0.05, 0.1) is 11.3 Å². The third-order valence-electron chi connectivity index (χ3n) is 3.71. The lowest BCUT2D eigenvalue weighted by Gasteiger charge is -2.34. The molecule has 1 atom stereocenters. The van der Waals surface area contributed by atoms with Gasteiger partial charge in [0.15, 0.2) is 0 Å². The number of anilines is 2. The normalized spacial score (nSPS) is 20.0. The molecule has 1 saturated heterocycles. The minimum absolute atomic E-state index is 0.0331. The van der Waals surface area contributed by atoms with Crippen LogP contribution < -0.4 is 10.2 Å². The van der Waals surface area contributed by atoms with Gasteiger partial charge in [0.1, 0.15) is 10.6 Å². The summed E-state index contributed by atoms with van der Waals surface area (Å²) < 4.78 is 38.9. The number of rotatable bonds is 2. The highest BCUT2D eigenvalue weighted by Crippen LogP contribution is 2.37. The quantitative estimate of drug-likeness (QED) is 0.920. The predicted molar refractivity (Wildman–Crippen MR) is 78.0 cm³/mol. The SMILES string of the molecule is CNc1nc(N2CCCC(C(F)(F)F)C2)c2ccsc2n1. The maximum absolute atomic E-state index is 13.0. The fourth-order valence-corrected chi connectivity index (χ4v) is 3.39. The molecule has 3 heterocycles. The van der Waals surface area contributed by atoms with Crippen molar-refractivity contribution in [1.29, 1.82) is 0 Å². The molecule has 0 aromatic carbocycles. The van der Waals surface area contributed by atoms with Crippen molar-refractivity contribution in [1.82, 2.24) is 9.97 Å². The van der Waals surface area contributed by atoms with E-state index in [9.17, 15) is 13.2 Å². The smallest absolute Gasteiger partial charge is 0.357 e. The Morgan fingerprint density at radius 2 is 2.19 bits per heavy atom. The van der Waals surface area contributed by atoms with Gasteiger partial charge in [0, 0.05) is 20.1 Å². The topological polar surface area (TPSA) is 41.1 Å². The van der Waals surface area contributed by atoms with Crippen molar-refractivity contribution < 1.29 is 13.2 Å².